The van der Waals surface area contributed by atoms with Gasteiger partial charge < -0.3 is 24.8 Å². The maximum absolute atomic E-state index is 9.70. The topological polar surface area (TPSA) is 116 Å². The molecular weight excluding hydrogens is 444 g/mol. The molecule has 0 aliphatic carbocycles. The van der Waals surface area contributed by atoms with Crippen LogP contribution >= 0.6 is 0 Å². The van der Waals surface area contributed by atoms with Gasteiger partial charge in [-0.25, -0.2) is 15.0 Å². The van der Waals surface area contributed by atoms with Gasteiger partial charge in [0.2, 0.25) is 5.95 Å². The second kappa shape index (κ2) is 10.7. The highest BCUT2D eigenvalue weighted by molar-refractivity contribution is 5.66. The number of benzene rings is 1. The number of anilines is 3. The molecule has 2 aliphatic rings. The summed E-state index contributed by atoms with van der Waals surface area (Å²) in [5.41, 5.74) is 2.80. The zero-order valence-electron chi connectivity index (χ0n) is 19.4. The average Bonchev–Trinajstić information content (AvgIpc) is 3.39. The molecule has 2 fully saturated rings. The first-order valence-electron chi connectivity index (χ1n) is 12.0. The normalized spacial score (nSPS) is 18.3. The van der Waals surface area contributed by atoms with Gasteiger partial charge in [0.25, 0.3) is 0 Å². The van der Waals surface area contributed by atoms with E-state index < -0.39 is 0 Å². The maximum atomic E-state index is 9.70. The Kier molecular flexibility index (Phi) is 7.02. The van der Waals surface area contributed by atoms with Crippen LogP contribution in [0.3, 0.4) is 0 Å². The molecule has 0 amide bonds. The van der Waals surface area contributed by atoms with Crippen molar-refractivity contribution in [3.63, 3.8) is 0 Å². The highest BCUT2D eigenvalue weighted by Crippen LogP contribution is 2.29. The Morgan fingerprint density at radius 1 is 1.11 bits per heavy atom. The lowest BCUT2D eigenvalue weighted by Crippen LogP contribution is -2.32. The predicted molar refractivity (Wildman–Crippen MR) is 132 cm³/mol. The third kappa shape index (κ3) is 5.34. The molecule has 0 spiro atoms. The Morgan fingerprint density at radius 3 is 2.80 bits per heavy atom. The average molecular weight is 473 g/mol. The summed E-state index contributed by atoms with van der Waals surface area (Å²) >= 11 is 0. The zero-order valence-corrected chi connectivity index (χ0v) is 19.4. The number of aromatic nitrogens is 3. The van der Waals surface area contributed by atoms with Crippen LogP contribution in [-0.4, -0.2) is 58.6 Å². The van der Waals surface area contributed by atoms with Gasteiger partial charge in [-0.05, 0) is 43.2 Å². The molecule has 0 bridgehead atoms. The highest BCUT2D eigenvalue weighted by Gasteiger charge is 2.25. The van der Waals surface area contributed by atoms with Crippen LogP contribution in [0.1, 0.15) is 31.2 Å². The fourth-order valence-electron chi connectivity index (χ4n) is 4.54. The SMILES string of the molecule is N#Cc1cc(-c2ccnc(Nc3ccnc(N4CCC[C@@H]4CO)c3)n2)ccc1OC1CCOCC1. The molecule has 5 rings (SSSR count). The van der Waals surface area contributed by atoms with Crippen LogP contribution in [0.2, 0.25) is 0 Å². The van der Waals surface area contributed by atoms with E-state index in [1.807, 2.05) is 30.3 Å². The van der Waals surface area contributed by atoms with Gasteiger partial charge in [-0.3, -0.25) is 0 Å². The summed E-state index contributed by atoms with van der Waals surface area (Å²) in [6.07, 6.45) is 7.14. The molecule has 1 aromatic carbocycles. The number of nitrogens with zero attached hydrogens (tertiary/aromatic N) is 5. The first-order valence-corrected chi connectivity index (χ1v) is 12.0. The largest absolute Gasteiger partial charge is 0.489 e. The lowest BCUT2D eigenvalue weighted by molar-refractivity contribution is 0.0254. The molecule has 2 aliphatic heterocycles. The predicted octanol–water partition coefficient (Wildman–Crippen LogP) is 3.67. The van der Waals surface area contributed by atoms with Crippen LogP contribution in [0.4, 0.5) is 17.5 Å². The number of nitrogens with one attached hydrogen (secondary N) is 1. The maximum Gasteiger partial charge on any atom is 0.227 e. The molecule has 180 valence electrons. The monoisotopic (exact) mass is 472 g/mol. The Morgan fingerprint density at radius 2 is 1.97 bits per heavy atom. The summed E-state index contributed by atoms with van der Waals surface area (Å²) in [5, 5.41) is 22.6. The minimum Gasteiger partial charge on any atom is -0.489 e. The van der Waals surface area contributed by atoms with Crippen molar-refractivity contribution < 1.29 is 14.6 Å². The Labute approximate surface area is 204 Å². The summed E-state index contributed by atoms with van der Waals surface area (Å²) in [5.74, 6) is 1.85. The number of aliphatic hydroxyl groups is 1. The summed E-state index contributed by atoms with van der Waals surface area (Å²) < 4.78 is 11.5. The molecule has 1 atom stereocenters. The Bertz CT molecular complexity index is 1210. The minimum absolute atomic E-state index is 0.0648. The Balaban J connectivity index is 1.33. The number of hydrogen-bond acceptors (Lipinski definition) is 9. The second-order valence-electron chi connectivity index (χ2n) is 8.72. The van der Waals surface area contributed by atoms with Crippen molar-refractivity contribution in [2.24, 2.45) is 0 Å². The third-order valence-corrected chi connectivity index (χ3v) is 6.40. The van der Waals surface area contributed by atoms with E-state index in [0.29, 0.717) is 36.2 Å². The van der Waals surface area contributed by atoms with Crippen LogP contribution in [0.25, 0.3) is 11.3 Å². The zero-order chi connectivity index (χ0) is 24.0. The number of ether oxygens (including phenoxy) is 2. The van der Waals surface area contributed by atoms with E-state index >= 15 is 0 Å². The van der Waals surface area contributed by atoms with E-state index in [9.17, 15) is 10.4 Å². The van der Waals surface area contributed by atoms with E-state index in [1.54, 1.807) is 18.5 Å². The van der Waals surface area contributed by atoms with Crippen molar-refractivity contribution in [3.05, 3.63) is 54.4 Å². The molecule has 0 radical (unpaired) electrons. The quantitative estimate of drug-likeness (QED) is 0.531. The number of rotatable bonds is 7. The third-order valence-electron chi connectivity index (χ3n) is 6.40. The van der Waals surface area contributed by atoms with Crippen molar-refractivity contribution in [1.82, 2.24) is 15.0 Å². The number of hydrogen-bond donors (Lipinski definition) is 2. The van der Waals surface area contributed by atoms with Gasteiger partial charge in [0.1, 0.15) is 23.7 Å². The molecule has 0 unspecified atom stereocenters. The summed E-state index contributed by atoms with van der Waals surface area (Å²) in [6, 6.07) is 13.5. The molecule has 0 saturated carbocycles. The number of pyridine rings is 1. The van der Waals surface area contributed by atoms with Crippen LogP contribution in [0, 0.1) is 11.3 Å². The lowest BCUT2D eigenvalue weighted by atomic mass is 10.1. The van der Waals surface area contributed by atoms with Crippen molar-refractivity contribution in [1.29, 1.82) is 5.26 Å². The van der Waals surface area contributed by atoms with Gasteiger partial charge in [-0.1, -0.05) is 0 Å². The molecule has 35 heavy (non-hydrogen) atoms. The molecule has 2 aromatic heterocycles. The standard InChI is InChI=1S/C26H28N6O3/c27-16-19-14-18(3-4-24(19)35-22-7-12-34-13-8-22)23-6-10-29-26(31-23)30-20-5-9-28-25(15-20)32-11-1-2-21(32)17-33/h3-6,9-10,14-15,21-22,33H,1-2,7-8,11-13,17H2,(H,28,29,30,31)/t21-/m1/s1. The molecular formula is C26H28N6O3. The van der Waals surface area contributed by atoms with E-state index in [1.165, 1.54) is 0 Å². The number of nitriles is 1. The highest BCUT2D eigenvalue weighted by atomic mass is 16.5. The smallest absolute Gasteiger partial charge is 0.227 e. The Hall–Kier alpha value is -3.74. The van der Waals surface area contributed by atoms with Gasteiger partial charge in [-0.2, -0.15) is 5.26 Å². The number of aliphatic hydroxyl groups excluding tert-OH is 1. The van der Waals surface area contributed by atoms with Gasteiger partial charge in [0, 0.05) is 49.1 Å². The van der Waals surface area contributed by atoms with Crippen LogP contribution in [-0.2, 0) is 4.74 Å². The summed E-state index contributed by atoms with van der Waals surface area (Å²) in [7, 11) is 0. The first-order chi connectivity index (χ1) is 17.2. The van der Waals surface area contributed by atoms with E-state index in [0.717, 1.165) is 49.3 Å². The van der Waals surface area contributed by atoms with Crippen molar-refractivity contribution in [2.45, 2.75) is 37.8 Å². The summed E-state index contributed by atoms with van der Waals surface area (Å²) in [6.45, 7) is 2.36. The first kappa shape index (κ1) is 23.0. The molecule has 2 saturated heterocycles. The fourth-order valence-corrected chi connectivity index (χ4v) is 4.54. The molecule has 9 heteroatoms. The van der Waals surface area contributed by atoms with E-state index in [2.05, 4.69) is 31.2 Å². The van der Waals surface area contributed by atoms with Crippen molar-refractivity contribution in [2.75, 3.05) is 36.6 Å². The van der Waals surface area contributed by atoms with Gasteiger partial charge in [0.15, 0.2) is 0 Å². The van der Waals surface area contributed by atoms with Crippen LogP contribution in [0.15, 0.2) is 48.8 Å². The molecule has 9 nitrogen and oxygen atoms in total. The molecule has 2 N–H and O–H groups in total. The van der Waals surface area contributed by atoms with Crippen molar-refractivity contribution in [3.8, 4) is 23.1 Å². The van der Waals surface area contributed by atoms with E-state index in [-0.39, 0.29) is 18.8 Å². The van der Waals surface area contributed by atoms with Gasteiger partial charge in [-0.15, -0.1) is 0 Å². The van der Waals surface area contributed by atoms with Crippen molar-refractivity contribution >= 4 is 17.5 Å². The fraction of sp³-hybridized carbons (Fsp3) is 0.385. The van der Waals surface area contributed by atoms with Gasteiger partial charge >= 0.3 is 0 Å². The van der Waals surface area contributed by atoms with Gasteiger partial charge in [0.05, 0.1) is 37.1 Å². The van der Waals surface area contributed by atoms with Crippen LogP contribution in [0.5, 0.6) is 5.75 Å². The van der Waals surface area contributed by atoms with Crippen LogP contribution < -0.4 is 15.0 Å². The second-order valence-corrected chi connectivity index (χ2v) is 8.72. The molecule has 3 aromatic rings. The summed E-state index contributed by atoms with van der Waals surface area (Å²) in [4.78, 5) is 15.6. The minimum atomic E-state index is 0.0648. The molecule has 4 heterocycles. The van der Waals surface area contributed by atoms with E-state index in [4.69, 9.17) is 9.47 Å². The lowest BCUT2D eigenvalue weighted by Gasteiger charge is -2.24.